The lowest BCUT2D eigenvalue weighted by atomic mass is 9.93. The summed E-state index contributed by atoms with van der Waals surface area (Å²) in [7, 11) is 0. The molecule has 5 nitrogen and oxygen atoms in total. The predicted octanol–water partition coefficient (Wildman–Crippen LogP) is 2.20. The number of hydrogen-bond donors (Lipinski definition) is 2. The van der Waals surface area contributed by atoms with Gasteiger partial charge in [0, 0.05) is 17.2 Å². The minimum atomic E-state index is -0.713. The summed E-state index contributed by atoms with van der Waals surface area (Å²) in [5.41, 5.74) is 7.23. The number of carbonyl (C=O) groups is 2. The molecule has 0 unspecified atom stereocenters. The van der Waals surface area contributed by atoms with E-state index in [1.165, 1.54) is 6.07 Å². The maximum Gasteiger partial charge on any atom is 0.261 e. The molecule has 0 spiro atoms. The first-order chi connectivity index (χ1) is 11.0. The van der Waals surface area contributed by atoms with Crippen LogP contribution in [0.3, 0.4) is 0 Å². The van der Waals surface area contributed by atoms with E-state index < -0.39 is 17.6 Å². The van der Waals surface area contributed by atoms with Crippen molar-refractivity contribution in [3.05, 3.63) is 29.1 Å². The molecule has 118 valence electrons. The standard InChI is InChI=1S/C17H16FN3O2/c1-2-7-20-14-9-15(12(18)8-13(14)19)21-16(22)10-5-3-4-6-11(10)17(21)23/h1,8-9,20H,3-7,19H2. The average Bonchev–Trinajstić information content (AvgIpc) is 2.79. The van der Waals surface area contributed by atoms with Crippen molar-refractivity contribution in [2.75, 3.05) is 22.5 Å². The number of rotatable bonds is 3. The Balaban J connectivity index is 2.01. The number of benzene rings is 1. The molecule has 1 aliphatic carbocycles. The molecule has 3 rings (SSSR count). The molecule has 0 saturated carbocycles. The zero-order chi connectivity index (χ0) is 16.6. The molecule has 23 heavy (non-hydrogen) atoms. The Kier molecular flexibility index (Phi) is 3.78. The normalized spacial score (nSPS) is 17.3. The van der Waals surface area contributed by atoms with Crippen LogP contribution in [-0.2, 0) is 9.59 Å². The Morgan fingerprint density at radius 1 is 1.22 bits per heavy atom. The number of hydrogen-bond acceptors (Lipinski definition) is 4. The molecule has 0 fully saturated rings. The van der Waals surface area contributed by atoms with Gasteiger partial charge in [-0.25, -0.2) is 9.29 Å². The van der Waals surface area contributed by atoms with Crippen LogP contribution < -0.4 is 16.0 Å². The molecule has 6 heteroatoms. The van der Waals surface area contributed by atoms with Gasteiger partial charge >= 0.3 is 0 Å². The maximum absolute atomic E-state index is 14.3. The van der Waals surface area contributed by atoms with Crippen LogP contribution >= 0.6 is 0 Å². The van der Waals surface area contributed by atoms with E-state index in [2.05, 4.69) is 11.2 Å². The molecule has 1 aliphatic heterocycles. The second-order valence-electron chi connectivity index (χ2n) is 5.56. The summed E-state index contributed by atoms with van der Waals surface area (Å²) in [5.74, 6) is 0.808. The van der Waals surface area contributed by atoms with E-state index in [9.17, 15) is 14.0 Å². The van der Waals surface area contributed by atoms with Crippen molar-refractivity contribution < 1.29 is 14.0 Å². The zero-order valence-electron chi connectivity index (χ0n) is 12.5. The van der Waals surface area contributed by atoms with Gasteiger partial charge in [0.1, 0.15) is 5.82 Å². The summed E-state index contributed by atoms with van der Waals surface area (Å²) in [6.07, 6.45) is 8.05. The van der Waals surface area contributed by atoms with Gasteiger partial charge in [0.05, 0.1) is 23.6 Å². The third kappa shape index (κ3) is 2.44. The van der Waals surface area contributed by atoms with Crippen molar-refractivity contribution >= 4 is 28.9 Å². The largest absolute Gasteiger partial charge is 0.397 e. The van der Waals surface area contributed by atoms with E-state index in [0.29, 0.717) is 29.7 Å². The molecule has 2 aliphatic rings. The van der Waals surface area contributed by atoms with Crippen molar-refractivity contribution in [1.29, 1.82) is 0 Å². The lowest BCUT2D eigenvalue weighted by Crippen LogP contribution is -2.32. The van der Waals surface area contributed by atoms with Crippen molar-refractivity contribution in [3.63, 3.8) is 0 Å². The number of terminal acetylenes is 1. The molecule has 1 aromatic rings. The SMILES string of the molecule is C#CCNc1cc(N2C(=O)C3=C(CCCC3)C2=O)c(F)cc1N. The van der Waals surface area contributed by atoms with Crippen molar-refractivity contribution in [2.45, 2.75) is 25.7 Å². The lowest BCUT2D eigenvalue weighted by molar-refractivity contribution is -0.120. The summed E-state index contributed by atoms with van der Waals surface area (Å²) < 4.78 is 14.3. The molecule has 0 bridgehead atoms. The van der Waals surface area contributed by atoms with Crippen LogP contribution in [0.2, 0.25) is 0 Å². The van der Waals surface area contributed by atoms with E-state index in [4.69, 9.17) is 12.2 Å². The second kappa shape index (κ2) is 5.76. The number of nitrogens with two attached hydrogens (primary N) is 1. The van der Waals surface area contributed by atoms with Crippen molar-refractivity contribution in [1.82, 2.24) is 0 Å². The highest BCUT2D eigenvalue weighted by atomic mass is 19.1. The van der Waals surface area contributed by atoms with Gasteiger partial charge in [-0.3, -0.25) is 9.59 Å². The minimum absolute atomic E-state index is 0.0943. The molecule has 2 amide bonds. The fraction of sp³-hybridized carbons (Fsp3) is 0.294. The van der Waals surface area contributed by atoms with Gasteiger partial charge in [0.25, 0.3) is 11.8 Å². The Hall–Kier alpha value is -2.81. The van der Waals surface area contributed by atoms with E-state index in [1.54, 1.807) is 0 Å². The number of halogens is 1. The number of imide groups is 1. The van der Waals surface area contributed by atoms with Gasteiger partial charge in [-0.1, -0.05) is 5.92 Å². The van der Waals surface area contributed by atoms with Crippen molar-refractivity contribution in [2.24, 2.45) is 0 Å². The van der Waals surface area contributed by atoms with Gasteiger partial charge < -0.3 is 11.1 Å². The number of amides is 2. The van der Waals surface area contributed by atoms with Gasteiger partial charge in [0.15, 0.2) is 0 Å². The topological polar surface area (TPSA) is 75.4 Å². The monoisotopic (exact) mass is 313 g/mol. The van der Waals surface area contributed by atoms with Crippen molar-refractivity contribution in [3.8, 4) is 12.3 Å². The van der Waals surface area contributed by atoms with Crippen LogP contribution in [0, 0.1) is 18.2 Å². The van der Waals surface area contributed by atoms with E-state index in [0.717, 1.165) is 23.8 Å². The summed E-state index contributed by atoms with van der Waals surface area (Å²) in [6, 6.07) is 2.45. The van der Waals surface area contributed by atoms with Crippen LogP contribution in [0.25, 0.3) is 0 Å². The number of anilines is 3. The van der Waals surface area contributed by atoms with Crippen LogP contribution in [0.15, 0.2) is 23.3 Å². The molecule has 1 heterocycles. The lowest BCUT2D eigenvalue weighted by Gasteiger charge is -2.18. The van der Waals surface area contributed by atoms with Gasteiger partial charge in [-0.15, -0.1) is 6.42 Å². The zero-order valence-corrected chi connectivity index (χ0v) is 12.5. The Morgan fingerprint density at radius 3 is 2.39 bits per heavy atom. The summed E-state index contributed by atoms with van der Waals surface area (Å²) >= 11 is 0. The maximum atomic E-state index is 14.3. The number of nitrogens with one attached hydrogen (secondary N) is 1. The van der Waals surface area contributed by atoms with E-state index in [-0.39, 0.29) is 17.9 Å². The Bertz CT molecular complexity index is 749. The van der Waals surface area contributed by atoms with Crippen LogP contribution in [0.1, 0.15) is 25.7 Å². The van der Waals surface area contributed by atoms with Crippen LogP contribution in [0.4, 0.5) is 21.5 Å². The first-order valence-electron chi connectivity index (χ1n) is 7.41. The molecule has 3 N–H and O–H groups in total. The predicted molar refractivity (Wildman–Crippen MR) is 86.1 cm³/mol. The van der Waals surface area contributed by atoms with Gasteiger partial charge in [-0.2, -0.15) is 0 Å². The number of carbonyl (C=O) groups excluding carboxylic acids is 2. The fourth-order valence-corrected chi connectivity index (χ4v) is 3.01. The molecule has 0 atom stereocenters. The molecule has 0 radical (unpaired) electrons. The molecular formula is C17H16FN3O2. The quantitative estimate of drug-likeness (QED) is 0.509. The second-order valence-corrected chi connectivity index (χ2v) is 5.56. The van der Waals surface area contributed by atoms with E-state index in [1.807, 2.05) is 0 Å². The third-order valence-corrected chi connectivity index (χ3v) is 4.13. The minimum Gasteiger partial charge on any atom is -0.397 e. The highest BCUT2D eigenvalue weighted by molar-refractivity contribution is 6.33. The first-order valence-corrected chi connectivity index (χ1v) is 7.41. The molecule has 1 aromatic carbocycles. The van der Waals surface area contributed by atoms with Crippen LogP contribution in [0.5, 0.6) is 0 Å². The van der Waals surface area contributed by atoms with E-state index >= 15 is 0 Å². The summed E-state index contributed by atoms with van der Waals surface area (Å²) in [4.78, 5) is 25.9. The van der Waals surface area contributed by atoms with Gasteiger partial charge in [0.2, 0.25) is 0 Å². The molecular weight excluding hydrogens is 297 g/mol. The highest BCUT2D eigenvalue weighted by Crippen LogP contribution is 2.38. The van der Waals surface area contributed by atoms with Gasteiger partial charge in [-0.05, 0) is 31.7 Å². The summed E-state index contributed by atoms with van der Waals surface area (Å²) in [5, 5.41) is 2.86. The van der Waals surface area contributed by atoms with Crippen LogP contribution in [-0.4, -0.2) is 18.4 Å². The average molecular weight is 313 g/mol. The highest BCUT2D eigenvalue weighted by Gasteiger charge is 2.40. The first kappa shape index (κ1) is 15.1. The number of nitrogen functional groups attached to an aromatic ring is 1. The third-order valence-electron chi connectivity index (χ3n) is 4.13. The Morgan fingerprint density at radius 2 is 1.83 bits per heavy atom. The summed E-state index contributed by atoms with van der Waals surface area (Å²) in [6.45, 7) is 0.200. The fourth-order valence-electron chi connectivity index (χ4n) is 3.01. The Labute approximate surface area is 133 Å². The number of nitrogens with zero attached hydrogens (tertiary/aromatic N) is 1. The molecule has 0 aromatic heterocycles. The molecule has 0 saturated heterocycles. The smallest absolute Gasteiger partial charge is 0.261 e.